The van der Waals surface area contributed by atoms with Crippen LogP contribution in [0.3, 0.4) is 0 Å². The normalized spacial score (nSPS) is 13.4. The summed E-state index contributed by atoms with van der Waals surface area (Å²) in [5, 5.41) is 0. The van der Waals surface area contributed by atoms with Gasteiger partial charge in [0.15, 0.2) is 0 Å². The quantitative estimate of drug-likeness (QED) is 0.802. The summed E-state index contributed by atoms with van der Waals surface area (Å²) in [4.78, 5) is 13.6. The summed E-state index contributed by atoms with van der Waals surface area (Å²) in [6.07, 6.45) is 2.15. The van der Waals surface area contributed by atoms with Crippen LogP contribution >= 0.6 is 0 Å². The molecule has 0 unspecified atom stereocenters. The van der Waals surface area contributed by atoms with E-state index in [1.54, 1.807) is 17.0 Å². The molecule has 0 spiro atoms. The van der Waals surface area contributed by atoms with Gasteiger partial charge in [-0.25, -0.2) is 4.39 Å². The Morgan fingerprint density at radius 3 is 2.87 bits per heavy atom. The van der Waals surface area contributed by atoms with Crippen molar-refractivity contribution >= 4 is 5.91 Å². The van der Waals surface area contributed by atoms with E-state index in [0.717, 1.165) is 17.5 Å². The van der Waals surface area contributed by atoms with Crippen LogP contribution in [0.5, 0.6) is 11.5 Å². The maximum atomic E-state index is 13.3. The summed E-state index contributed by atoms with van der Waals surface area (Å²) in [7, 11) is 0. The molecule has 4 heteroatoms. The van der Waals surface area contributed by atoms with Crippen LogP contribution in [-0.2, 0) is 17.8 Å². The molecule has 0 atom stereocenters. The van der Waals surface area contributed by atoms with E-state index in [9.17, 15) is 9.18 Å². The van der Waals surface area contributed by atoms with E-state index in [4.69, 9.17) is 4.74 Å². The molecule has 0 fully saturated rings. The number of nitrogens with zero attached hydrogens (tertiary/aromatic N) is 1. The van der Waals surface area contributed by atoms with E-state index >= 15 is 0 Å². The molecule has 0 bridgehead atoms. The second-order valence-corrected chi connectivity index (χ2v) is 5.66. The lowest BCUT2D eigenvalue weighted by molar-refractivity contribution is -0.126. The van der Waals surface area contributed by atoms with E-state index in [2.05, 4.69) is 12.6 Å². The minimum absolute atomic E-state index is 0.0659. The van der Waals surface area contributed by atoms with Gasteiger partial charge in [-0.2, -0.15) is 0 Å². The zero-order chi connectivity index (χ0) is 16.4. The van der Waals surface area contributed by atoms with E-state index in [1.807, 2.05) is 13.0 Å². The third kappa shape index (κ3) is 3.26. The van der Waals surface area contributed by atoms with Gasteiger partial charge in [-0.15, -0.1) is 0 Å². The highest BCUT2D eigenvalue weighted by Crippen LogP contribution is 2.31. The maximum Gasteiger partial charge on any atom is 0.246 e. The summed E-state index contributed by atoms with van der Waals surface area (Å²) in [6.45, 7) is 6.74. The Bertz CT molecular complexity index is 770. The summed E-state index contributed by atoms with van der Waals surface area (Å²) >= 11 is 0. The summed E-state index contributed by atoms with van der Waals surface area (Å²) < 4.78 is 19.1. The smallest absolute Gasteiger partial charge is 0.246 e. The number of hydrogen-bond donors (Lipinski definition) is 0. The van der Waals surface area contributed by atoms with Gasteiger partial charge in [-0.3, -0.25) is 4.79 Å². The molecule has 3 rings (SSSR count). The average molecular weight is 311 g/mol. The molecule has 0 aliphatic carbocycles. The molecular formula is C19H18FNO2. The fraction of sp³-hybridized carbons (Fsp3) is 0.211. The van der Waals surface area contributed by atoms with Crippen LogP contribution in [0.4, 0.5) is 4.39 Å². The van der Waals surface area contributed by atoms with Gasteiger partial charge in [-0.05, 0) is 54.3 Å². The van der Waals surface area contributed by atoms with E-state index in [1.165, 1.54) is 23.8 Å². The first kappa shape index (κ1) is 15.3. The third-order valence-corrected chi connectivity index (χ3v) is 4.02. The zero-order valence-corrected chi connectivity index (χ0v) is 13.0. The summed E-state index contributed by atoms with van der Waals surface area (Å²) in [5.41, 5.74) is 3.28. The molecular weight excluding hydrogens is 293 g/mol. The molecule has 2 aromatic rings. The largest absolute Gasteiger partial charge is 0.457 e. The first-order chi connectivity index (χ1) is 11.1. The number of halogens is 1. The predicted molar refractivity (Wildman–Crippen MR) is 87.0 cm³/mol. The van der Waals surface area contributed by atoms with Crippen LogP contribution in [0.15, 0.2) is 49.1 Å². The zero-order valence-electron chi connectivity index (χ0n) is 13.0. The van der Waals surface area contributed by atoms with Crippen LogP contribution in [0.1, 0.15) is 16.7 Å². The average Bonchev–Trinajstić information content (AvgIpc) is 2.54. The van der Waals surface area contributed by atoms with Gasteiger partial charge >= 0.3 is 0 Å². The lowest BCUT2D eigenvalue weighted by Gasteiger charge is -2.28. The Hall–Kier alpha value is -2.62. The van der Waals surface area contributed by atoms with Crippen molar-refractivity contribution in [2.45, 2.75) is 19.9 Å². The van der Waals surface area contributed by atoms with Gasteiger partial charge in [0.2, 0.25) is 5.91 Å². The van der Waals surface area contributed by atoms with Crippen molar-refractivity contribution < 1.29 is 13.9 Å². The Kier molecular flexibility index (Phi) is 4.15. The SMILES string of the molecule is C=CC(=O)N1CCc2cc(C)c(Oc3cccc(F)c3)cc2C1. The highest BCUT2D eigenvalue weighted by Gasteiger charge is 2.20. The molecule has 1 heterocycles. The minimum atomic E-state index is -0.333. The van der Waals surface area contributed by atoms with E-state index in [-0.39, 0.29) is 11.7 Å². The van der Waals surface area contributed by atoms with Gasteiger partial charge in [0.1, 0.15) is 17.3 Å². The molecule has 1 aliphatic rings. The molecule has 0 saturated carbocycles. The number of benzene rings is 2. The lowest BCUT2D eigenvalue weighted by Crippen LogP contribution is -2.34. The van der Waals surface area contributed by atoms with Crippen LogP contribution in [0, 0.1) is 12.7 Å². The highest BCUT2D eigenvalue weighted by atomic mass is 19.1. The number of rotatable bonds is 3. The number of carbonyl (C=O) groups excluding carboxylic acids is 1. The van der Waals surface area contributed by atoms with Crippen molar-refractivity contribution in [2.24, 2.45) is 0 Å². The third-order valence-electron chi connectivity index (χ3n) is 4.02. The monoisotopic (exact) mass is 311 g/mol. The molecule has 3 nitrogen and oxygen atoms in total. The molecule has 1 aliphatic heterocycles. The molecule has 118 valence electrons. The van der Waals surface area contributed by atoms with Crippen molar-refractivity contribution in [3.8, 4) is 11.5 Å². The molecule has 0 aromatic heterocycles. The van der Waals surface area contributed by atoms with Gasteiger partial charge in [0.25, 0.3) is 0 Å². The van der Waals surface area contributed by atoms with E-state index < -0.39 is 0 Å². The number of amides is 1. The Balaban J connectivity index is 1.88. The van der Waals surface area contributed by atoms with Gasteiger partial charge in [0.05, 0.1) is 0 Å². The number of ether oxygens (including phenoxy) is 1. The van der Waals surface area contributed by atoms with Gasteiger partial charge in [-0.1, -0.05) is 18.7 Å². The Morgan fingerprint density at radius 2 is 2.13 bits per heavy atom. The summed E-state index contributed by atoms with van der Waals surface area (Å²) in [5.74, 6) is 0.745. The minimum Gasteiger partial charge on any atom is -0.457 e. The fourth-order valence-corrected chi connectivity index (χ4v) is 2.79. The van der Waals surface area contributed by atoms with Crippen molar-refractivity contribution in [1.29, 1.82) is 0 Å². The molecule has 0 N–H and O–H groups in total. The van der Waals surface area contributed by atoms with Gasteiger partial charge in [0, 0.05) is 19.2 Å². The second-order valence-electron chi connectivity index (χ2n) is 5.66. The molecule has 0 saturated heterocycles. The van der Waals surface area contributed by atoms with Crippen LogP contribution < -0.4 is 4.74 Å². The number of aryl methyl sites for hydroxylation is 1. The highest BCUT2D eigenvalue weighted by molar-refractivity contribution is 5.87. The van der Waals surface area contributed by atoms with Crippen molar-refractivity contribution in [2.75, 3.05) is 6.54 Å². The second kappa shape index (κ2) is 6.24. The fourth-order valence-electron chi connectivity index (χ4n) is 2.79. The van der Waals surface area contributed by atoms with Crippen molar-refractivity contribution in [3.63, 3.8) is 0 Å². The Labute approximate surface area is 135 Å². The first-order valence-corrected chi connectivity index (χ1v) is 7.54. The van der Waals surface area contributed by atoms with Crippen molar-refractivity contribution in [1.82, 2.24) is 4.90 Å². The summed E-state index contributed by atoms with van der Waals surface area (Å²) in [6, 6.07) is 10.1. The predicted octanol–water partition coefficient (Wildman–Crippen LogP) is 4.00. The Morgan fingerprint density at radius 1 is 1.30 bits per heavy atom. The lowest BCUT2D eigenvalue weighted by atomic mass is 9.97. The number of fused-ring (bicyclic) bond motifs is 1. The van der Waals surface area contributed by atoms with Crippen LogP contribution in [0.25, 0.3) is 0 Å². The standard InChI is InChI=1S/C19H18FNO2/c1-3-19(22)21-8-7-14-9-13(2)18(10-15(14)12-21)23-17-6-4-5-16(20)11-17/h3-6,9-11H,1,7-8,12H2,2H3. The van der Waals surface area contributed by atoms with Crippen molar-refractivity contribution in [3.05, 3.63) is 71.6 Å². The van der Waals surface area contributed by atoms with E-state index in [0.29, 0.717) is 24.6 Å². The number of hydrogen-bond acceptors (Lipinski definition) is 2. The molecule has 2 aromatic carbocycles. The topological polar surface area (TPSA) is 29.5 Å². The first-order valence-electron chi connectivity index (χ1n) is 7.54. The number of carbonyl (C=O) groups is 1. The van der Waals surface area contributed by atoms with Crippen LogP contribution in [0.2, 0.25) is 0 Å². The molecule has 1 amide bonds. The molecule has 23 heavy (non-hydrogen) atoms. The maximum absolute atomic E-state index is 13.3. The van der Waals surface area contributed by atoms with Crippen LogP contribution in [-0.4, -0.2) is 17.4 Å². The molecule has 0 radical (unpaired) electrons. The van der Waals surface area contributed by atoms with Gasteiger partial charge < -0.3 is 9.64 Å².